The molecule has 0 amide bonds. The number of piperidine rings is 1. The lowest BCUT2D eigenvalue weighted by Crippen LogP contribution is -2.34. The zero-order valence-electron chi connectivity index (χ0n) is 16.4. The first kappa shape index (κ1) is 21.0. The van der Waals surface area contributed by atoms with Crippen LogP contribution in [0.1, 0.15) is 25.3 Å². The van der Waals surface area contributed by atoms with Crippen LogP contribution >= 0.6 is 11.6 Å². The molecule has 1 aliphatic heterocycles. The average molecular weight is 451 g/mol. The maximum absolute atomic E-state index is 13.6. The summed E-state index contributed by atoms with van der Waals surface area (Å²) >= 11 is 6.20. The third kappa shape index (κ3) is 4.27. The number of hydrogen-bond acceptors (Lipinski definition) is 4. The fourth-order valence-electron chi connectivity index (χ4n) is 3.91. The van der Waals surface area contributed by atoms with Crippen molar-refractivity contribution in [3.05, 3.63) is 64.8 Å². The summed E-state index contributed by atoms with van der Waals surface area (Å²) in [6, 6.07) is 7.98. The number of halogens is 3. The Bertz CT molecular complexity index is 1190. The lowest BCUT2D eigenvalue weighted by molar-refractivity contribution is 0.437. The second-order valence-electron chi connectivity index (χ2n) is 7.84. The Kier molecular flexibility index (Phi) is 5.68. The van der Waals surface area contributed by atoms with Crippen molar-refractivity contribution in [1.29, 1.82) is 0 Å². The number of sulfone groups is 1. The van der Waals surface area contributed by atoms with Crippen molar-refractivity contribution in [2.75, 3.05) is 18.0 Å². The number of aromatic nitrogens is 1. The van der Waals surface area contributed by atoms with Crippen LogP contribution in [-0.2, 0) is 15.6 Å². The molecular weight excluding hydrogens is 430 g/mol. The van der Waals surface area contributed by atoms with Gasteiger partial charge in [0, 0.05) is 35.8 Å². The summed E-state index contributed by atoms with van der Waals surface area (Å²) in [6.07, 6.45) is 3.23. The maximum atomic E-state index is 13.6. The zero-order valence-corrected chi connectivity index (χ0v) is 18.0. The van der Waals surface area contributed by atoms with Gasteiger partial charge in [-0.2, -0.15) is 0 Å². The first-order valence-corrected chi connectivity index (χ1v) is 11.8. The van der Waals surface area contributed by atoms with E-state index >= 15 is 0 Å². The average Bonchev–Trinajstić information content (AvgIpc) is 2.66. The second-order valence-corrected chi connectivity index (χ2v) is 10.2. The molecule has 3 aromatic rings. The van der Waals surface area contributed by atoms with Gasteiger partial charge in [-0.15, -0.1) is 0 Å². The monoisotopic (exact) mass is 450 g/mol. The standard InChI is InChI=1S/C22H21ClF2N2O2S/c1-14-4-6-27(7-5-14)22-19-10-16(23)2-3-20(19)26-12-21(22)30(28,29)13-15-8-17(24)11-18(25)9-15/h2-3,8-12,14H,4-7,13H2,1H3. The molecule has 1 aromatic heterocycles. The van der Waals surface area contributed by atoms with E-state index < -0.39 is 27.2 Å². The number of hydrogen-bond donors (Lipinski definition) is 0. The number of anilines is 1. The van der Waals surface area contributed by atoms with Crippen LogP contribution in [0.25, 0.3) is 10.9 Å². The van der Waals surface area contributed by atoms with Crippen molar-refractivity contribution in [3.8, 4) is 0 Å². The number of fused-ring (bicyclic) bond motifs is 1. The van der Waals surface area contributed by atoms with Crippen molar-refractivity contribution in [1.82, 2.24) is 4.98 Å². The molecule has 0 unspecified atom stereocenters. The number of nitrogens with zero attached hydrogens (tertiary/aromatic N) is 2. The van der Waals surface area contributed by atoms with Gasteiger partial charge in [-0.1, -0.05) is 18.5 Å². The summed E-state index contributed by atoms with van der Waals surface area (Å²) in [5.41, 5.74) is 1.26. The van der Waals surface area contributed by atoms with Crippen molar-refractivity contribution in [2.24, 2.45) is 5.92 Å². The molecule has 158 valence electrons. The van der Waals surface area contributed by atoms with E-state index in [1.54, 1.807) is 18.2 Å². The van der Waals surface area contributed by atoms with Crippen LogP contribution in [-0.4, -0.2) is 26.5 Å². The molecule has 1 fully saturated rings. The van der Waals surface area contributed by atoms with E-state index in [0.29, 0.717) is 40.6 Å². The van der Waals surface area contributed by atoms with Gasteiger partial charge in [-0.25, -0.2) is 17.2 Å². The number of benzene rings is 2. The van der Waals surface area contributed by atoms with Crippen LogP contribution in [0.4, 0.5) is 14.5 Å². The van der Waals surface area contributed by atoms with Crippen LogP contribution in [0.5, 0.6) is 0 Å². The Labute approximate surface area is 179 Å². The van der Waals surface area contributed by atoms with Gasteiger partial charge in [-0.3, -0.25) is 4.98 Å². The molecule has 1 saturated heterocycles. The normalized spacial score (nSPS) is 15.7. The molecule has 1 aliphatic rings. The summed E-state index contributed by atoms with van der Waals surface area (Å²) in [5.74, 6) is -1.58. The van der Waals surface area contributed by atoms with E-state index in [4.69, 9.17) is 11.6 Å². The van der Waals surface area contributed by atoms with Crippen LogP contribution in [0.2, 0.25) is 5.02 Å². The van der Waals surface area contributed by atoms with E-state index in [1.165, 1.54) is 6.20 Å². The predicted molar refractivity (Wildman–Crippen MR) is 115 cm³/mol. The highest BCUT2D eigenvalue weighted by atomic mass is 35.5. The zero-order chi connectivity index (χ0) is 21.5. The molecule has 2 aromatic carbocycles. The van der Waals surface area contributed by atoms with E-state index in [0.717, 1.165) is 31.0 Å². The van der Waals surface area contributed by atoms with Crippen LogP contribution in [0, 0.1) is 17.6 Å². The van der Waals surface area contributed by atoms with Crippen molar-refractivity contribution in [2.45, 2.75) is 30.4 Å². The molecule has 4 rings (SSSR count). The van der Waals surface area contributed by atoms with Gasteiger partial charge in [0.05, 0.1) is 17.0 Å². The molecular formula is C22H21ClF2N2O2S. The Morgan fingerprint density at radius 3 is 2.43 bits per heavy atom. The molecule has 0 atom stereocenters. The molecule has 30 heavy (non-hydrogen) atoms. The highest BCUT2D eigenvalue weighted by Crippen LogP contribution is 2.37. The van der Waals surface area contributed by atoms with Crippen LogP contribution in [0.15, 0.2) is 47.5 Å². The summed E-state index contributed by atoms with van der Waals surface area (Å²) < 4.78 is 53.9. The Morgan fingerprint density at radius 2 is 1.77 bits per heavy atom. The third-order valence-electron chi connectivity index (χ3n) is 5.48. The minimum absolute atomic E-state index is 0.0523. The minimum Gasteiger partial charge on any atom is -0.370 e. The van der Waals surface area contributed by atoms with E-state index in [9.17, 15) is 17.2 Å². The van der Waals surface area contributed by atoms with Gasteiger partial charge in [0.2, 0.25) is 0 Å². The largest absolute Gasteiger partial charge is 0.370 e. The number of pyridine rings is 1. The number of rotatable bonds is 4. The van der Waals surface area contributed by atoms with Gasteiger partial charge in [-0.05, 0) is 54.7 Å². The Hall–Kier alpha value is -2.25. The lowest BCUT2D eigenvalue weighted by Gasteiger charge is -2.34. The Balaban J connectivity index is 1.85. The first-order chi connectivity index (χ1) is 14.2. The first-order valence-electron chi connectivity index (χ1n) is 9.74. The van der Waals surface area contributed by atoms with E-state index in [-0.39, 0.29) is 10.5 Å². The van der Waals surface area contributed by atoms with Gasteiger partial charge in [0.15, 0.2) is 9.84 Å². The fourth-order valence-corrected chi connectivity index (χ4v) is 5.59. The van der Waals surface area contributed by atoms with Gasteiger partial charge >= 0.3 is 0 Å². The third-order valence-corrected chi connectivity index (χ3v) is 7.40. The summed E-state index contributed by atoms with van der Waals surface area (Å²) in [6.45, 7) is 3.60. The quantitative estimate of drug-likeness (QED) is 0.535. The smallest absolute Gasteiger partial charge is 0.186 e. The highest BCUT2D eigenvalue weighted by Gasteiger charge is 2.28. The molecule has 0 bridgehead atoms. The molecule has 0 radical (unpaired) electrons. The molecule has 0 spiro atoms. The Morgan fingerprint density at radius 1 is 1.10 bits per heavy atom. The van der Waals surface area contributed by atoms with Crippen molar-refractivity contribution in [3.63, 3.8) is 0 Å². The van der Waals surface area contributed by atoms with Gasteiger partial charge in [0.1, 0.15) is 16.5 Å². The fraction of sp³-hybridized carbons (Fsp3) is 0.318. The molecule has 8 heteroatoms. The van der Waals surface area contributed by atoms with Gasteiger partial charge in [0.25, 0.3) is 0 Å². The maximum Gasteiger partial charge on any atom is 0.186 e. The van der Waals surface area contributed by atoms with Crippen molar-refractivity contribution >= 4 is 38.0 Å². The summed E-state index contributed by atoms with van der Waals surface area (Å²) in [5, 5.41) is 1.14. The topological polar surface area (TPSA) is 50.3 Å². The highest BCUT2D eigenvalue weighted by molar-refractivity contribution is 7.90. The van der Waals surface area contributed by atoms with Crippen molar-refractivity contribution < 1.29 is 17.2 Å². The van der Waals surface area contributed by atoms with Gasteiger partial charge < -0.3 is 4.90 Å². The SMILES string of the molecule is CC1CCN(c2c(S(=O)(=O)Cc3cc(F)cc(F)c3)cnc3ccc(Cl)cc23)CC1. The van der Waals surface area contributed by atoms with Crippen LogP contribution < -0.4 is 4.90 Å². The molecule has 0 N–H and O–H groups in total. The molecule has 0 saturated carbocycles. The second kappa shape index (κ2) is 8.12. The summed E-state index contributed by atoms with van der Waals surface area (Å²) in [7, 11) is -3.93. The molecule has 2 heterocycles. The predicted octanol–water partition coefficient (Wildman–Crippen LogP) is 5.38. The lowest BCUT2D eigenvalue weighted by atomic mass is 9.98. The molecule has 0 aliphatic carbocycles. The summed E-state index contributed by atoms with van der Waals surface area (Å²) in [4.78, 5) is 6.43. The van der Waals surface area contributed by atoms with Crippen LogP contribution in [0.3, 0.4) is 0 Å². The van der Waals surface area contributed by atoms with E-state index in [1.807, 2.05) is 0 Å². The molecule has 4 nitrogen and oxygen atoms in total. The minimum atomic E-state index is -3.93. The van der Waals surface area contributed by atoms with E-state index in [2.05, 4.69) is 16.8 Å².